The van der Waals surface area contributed by atoms with E-state index in [0.717, 1.165) is 31.9 Å². The van der Waals surface area contributed by atoms with Crippen LogP contribution in [0.3, 0.4) is 0 Å². The number of carbonyl (C=O) groups is 3. The maximum atomic E-state index is 13.1. The van der Waals surface area contributed by atoms with Gasteiger partial charge < -0.3 is 29.8 Å². The maximum Gasteiger partial charge on any atom is 0.291 e. The van der Waals surface area contributed by atoms with Gasteiger partial charge in [0, 0.05) is 50.5 Å². The van der Waals surface area contributed by atoms with E-state index in [2.05, 4.69) is 45.6 Å². The number of aryl methyl sites for hydroxylation is 1. The van der Waals surface area contributed by atoms with Crippen LogP contribution in [0.4, 0.5) is 17.1 Å². The molecule has 0 spiro atoms. The fourth-order valence-electron chi connectivity index (χ4n) is 4.74. The summed E-state index contributed by atoms with van der Waals surface area (Å²) in [6, 6.07) is 16.9. The van der Waals surface area contributed by atoms with Crippen molar-refractivity contribution in [2.75, 3.05) is 60.9 Å². The number of piperazine rings is 2. The number of nitrogens with zero attached hydrogens (tertiary/aromatic N) is 3. The summed E-state index contributed by atoms with van der Waals surface area (Å²) in [6.07, 6.45) is 1.45. The SMILES string of the molecule is Cc1ccccc1N1CCN(c2ccc(C(=O)N3CCNC(=O)C3)cc2NC(=O)c2ccco2)CC1. The second kappa shape index (κ2) is 10.2. The van der Waals surface area contributed by atoms with Crippen molar-refractivity contribution >= 4 is 34.8 Å². The molecule has 3 heterocycles. The quantitative estimate of drug-likeness (QED) is 0.574. The first-order valence-corrected chi connectivity index (χ1v) is 12.1. The van der Waals surface area contributed by atoms with Gasteiger partial charge in [0.1, 0.15) is 0 Å². The average Bonchev–Trinajstić information content (AvgIpc) is 3.44. The van der Waals surface area contributed by atoms with Crippen LogP contribution in [0.25, 0.3) is 0 Å². The Labute approximate surface area is 209 Å². The Morgan fingerprint density at radius 1 is 0.917 bits per heavy atom. The van der Waals surface area contributed by atoms with E-state index >= 15 is 0 Å². The van der Waals surface area contributed by atoms with Gasteiger partial charge in [-0.3, -0.25) is 14.4 Å². The Balaban J connectivity index is 1.39. The van der Waals surface area contributed by atoms with E-state index in [4.69, 9.17) is 4.42 Å². The van der Waals surface area contributed by atoms with Gasteiger partial charge in [0.25, 0.3) is 11.8 Å². The van der Waals surface area contributed by atoms with Gasteiger partial charge in [-0.15, -0.1) is 0 Å². The molecule has 3 aromatic rings. The summed E-state index contributed by atoms with van der Waals surface area (Å²) in [7, 11) is 0. The topological polar surface area (TPSA) is 98.1 Å². The molecule has 2 saturated heterocycles. The van der Waals surface area contributed by atoms with E-state index < -0.39 is 0 Å². The van der Waals surface area contributed by atoms with E-state index in [1.807, 2.05) is 12.1 Å². The molecule has 2 N–H and O–H groups in total. The molecule has 0 aliphatic carbocycles. The molecule has 2 aromatic carbocycles. The van der Waals surface area contributed by atoms with Gasteiger partial charge in [0.2, 0.25) is 5.91 Å². The average molecular weight is 488 g/mol. The zero-order chi connectivity index (χ0) is 25.1. The minimum atomic E-state index is -0.387. The first-order valence-electron chi connectivity index (χ1n) is 12.1. The Kier molecular flexibility index (Phi) is 6.62. The predicted octanol–water partition coefficient (Wildman–Crippen LogP) is 2.74. The van der Waals surface area contributed by atoms with Crippen molar-refractivity contribution in [1.29, 1.82) is 0 Å². The van der Waals surface area contributed by atoms with E-state index in [1.54, 1.807) is 24.3 Å². The lowest BCUT2D eigenvalue weighted by atomic mass is 10.1. The van der Waals surface area contributed by atoms with Crippen LogP contribution in [0.2, 0.25) is 0 Å². The van der Waals surface area contributed by atoms with Gasteiger partial charge in [-0.1, -0.05) is 18.2 Å². The normalized spacial score (nSPS) is 16.0. The highest BCUT2D eigenvalue weighted by atomic mass is 16.3. The molecule has 186 valence electrons. The second-order valence-corrected chi connectivity index (χ2v) is 9.00. The Morgan fingerprint density at radius 3 is 2.36 bits per heavy atom. The molecule has 36 heavy (non-hydrogen) atoms. The molecule has 9 heteroatoms. The monoisotopic (exact) mass is 487 g/mol. The fourth-order valence-corrected chi connectivity index (χ4v) is 4.74. The van der Waals surface area contributed by atoms with Crippen LogP contribution < -0.4 is 20.4 Å². The smallest absolute Gasteiger partial charge is 0.291 e. The molecule has 0 atom stereocenters. The number of carbonyl (C=O) groups excluding carboxylic acids is 3. The summed E-state index contributed by atoms with van der Waals surface area (Å²) < 4.78 is 5.26. The number of furan rings is 1. The summed E-state index contributed by atoms with van der Waals surface area (Å²) in [5, 5.41) is 5.66. The lowest BCUT2D eigenvalue weighted by Gasteiger charge is -2.38. The lowest BCUT2D eigenvalue weighted by molar-refractivity contribution is -0.123. The zero-order valence-corrected chi connectivity index (χ0v) is 20.2. The molecule has 0 saturated carbocycles. The second-order valence-electron chi connectivity index (χ2n) is 9.00. The van der Waals surface area contributed by atoms with Crippen LogP contribution in [0.5, 0.6) is 0 Å². The van der Waals surface area contributed by atoms with Gasteiger partial charge in [0.05, 0.1) is 24.2 Å². The van der Waals surface area contributed by atoms with Crippen LogP contribution in [-0.2, 0) is 4.79 Å². The molecular formula is C27H29N5O4. The van der Waals surface area contributed by atoms with E-state index in [-0.39, 0.29) is 30.0 Å². The minimum Gasteiger partial charge on any atom is -0.459 e. The number of anilines is 3. The number of benzene rings is 2. The molecule has 2 fully saturated rings. The summed E-state index contributed by atoms with van der Waals surface area (Å²) in [4.78, 5) is 43.8. The molecular weight excluding hydrogens is 458 g/mol. The first-order chi connectivity index (χ1) is 17.5. The third-order valence-corrected chi connectivity index (χ3v) is 6.64. The van der Waals surface area contributed by atoms with Crippen molar-refractivity contribution in [2.45, 2.75) is 6.92 Å². The van der Waals surface area contributed by atoms with Crippen LogP contribution in [0, 0.1) is 6.92 Å². The summed E-state index contributed by atoms with van der Waals surface area (Å²) in [6.45, 7) is 6.20. The van der Waals surface area contributed by atoms with Crippen LogP contribution in [0.15, 0.2) is 65.3 Å². The van der Waals surface area contributed by atoms with Crippen molar-refractivity contribution in [3.63, 3.8) is 0 Å². The molecule has 0 radical (unpaired) electrons. The van der Waals surface area contributed by atoms with Gasteiger partial charge in [-0.2, -0.15) is 0 Å². The molecule has 1 aromatic heterocycles. The van der Waals surface area contributed by atoms with Crippen LogP contribution in [0.1, 0.15) is 26.5 Å². The Hall–Kier alpha value is -4.27. The fraction of sp³-hybridized carbons (Fsp3) is 0.296. The molecule has 5 rings (SSSR count). The number of amides is 3. The first kappa shape index (κ1) is 23.5. The van der Waals surface area contributed by atoms with Crippen molar-refractivity contribution in [3.05, 3.63) is 77.7 Å². The molecule has 2 aliphatic rings. The van der Waals surface area contributed by atoms with Crippen molar-refractivity contribution < 1.29 is 18.8 Å². The largest absolute Gasteiger partial charge is 0.459 e. The third-order valence-electron chi connectivity index (χ3n) is 6.64. The van der Waals surface area contributed by atoms with Gasteiger partial charge in [0.15, 0.2) is 5.76 Å². The highest BCUT2D eigenvalue weighted by Gasteiger charge is 2.26. The van der Waals surface area contributed by atoms with Crippen LogP contribution in [-0.4, -0.2) is 68.4 Å². The minimum absolute atomic E-state index is 0.0233. The van der Waals surface area contributed by atoms with E-state index in [0.29, 0.717) is 24.3 Å². The standard InChI is InChI=1S/C27H29N5O4/c1-19-5-2-3-6-22(19)30-12-14-31(15-13-30)23-9-8-20(27(35)32-11-10-28-25(33)18-32)17-21(23)29-26(34)24-7-4-16-36-24/h2-9,16-17H,10-15,18H2,1H3,(H,28,33)(H,29,34). The van der Waals surface area contributed by atoms with Gasteiger partial charge in [-0.05, 0) is 48.9 Å². The van der Waals surface area contributed by atoms with Crippen molar-refractivity contribution in [2.24, 2.45) is 0 Å². The summed E-state index contributed by atoms with van der Waals surface area (Å²) >= 11 is 0. The Bertz CT molecular complexity index is 1260. The number of para-hydroxylation sites is 1. The number of nitrogens with one attached hydrogen (secondary N) is 2. The number of hydrogen-bond acceptors (Lipinski definition) is 6. The number of hydrogen-bond donors (Lipinski definition) is 2. The van der Waals surface area contributed by atoms with Crippen molar-refractivity contribution in [3.8, 4) is 0 Å². The molecule has 0 unspecified atom stereocenters. The Morgan fingerprint density at radius 2 is 1.67 bits per heavy atom. The maximum absolute atomic E-state index is 13.1. The molecule has 0 bridgehead atoms. The zero-order valence-electron chi connectivity index (χ0n) is 20.2. The van der Waals surface area contributed by atoms with Gasteiger partial charge >= 0.3 is 0 Å². The highest BCUT2D eigenvalue weighted by Crippen LogP contribution is 2.31. The van der Waals surface area contributed by atoms with Gasteiger partial charge in [-0.25, -0.2) is 0 Å². The number of rotatable bonds is 5. The van der Waals surface area contributed by atoms with Crippen molar-refractivity contribution in [1.82, 2.24) is 10.2 Å². The van der Waals surface area contributed by atoms with E-state index in [1.165, 1.54) is 22.4 Å². The summed E-state index contributed by atoms with van der Waals surface area (Å²) in [5.41, 5.74) is 4.27. The molecule has 2 aliphatic heterocycles. The lowest BCUT2D eigenvalue weighted by Crippen LogP contribution is -2.50. The van der Waals surface area contributed by atoms with Crippen LogP contribution >= 0.6 is 0 Å². The molecule has 9 nitrogen and oxygen atoms in total. The summed E-state index contributed by atoms with van der Waals surface area (Å²) in [5.74, 6) is -0.616. The van der Waals surface area contributed by atoms with E-state index in [9.17, 15) is 14.4 Å². The predicted molar refractivity (Wildman–Crippen MR) is 138 cm³/mol. The highest BCUT2D eigenvalue weighted by molar-refractivity contribution is 6.06. The molecule has 3 amide bonds. The third kappa shape index (κ3) is 4.91.